The number of nitrogens with one attached hydrogen (secondary N) is 1. The van der Waals surface area contributed by atoms with Crippen LogP contribution in [0.25, 0.3) is 0 Å². The van der Waals surface area contributed by atoms with Gasteiger partial charge in [-0.05, 0) is 31.4 Å². The number of pyridine rings is 1. The Morgan fingerprint density at radius 3 is 2.44 bits per heavy atom. The zero-order valence-corrected chi connectivity index (χ0v) is 11.9. The van der Waals surface area contributed by atoms with Crippen LogP contribution in [0, 0.1) is 5.92 Å². The summed E-state index contributed by atoms with van der Waals surface area (Å²) in [5.41, 5.74) is 6.09. The van der Waals surface area contributed by atoms with E-state index < -0.39 is 10.0 Å². The van der Waals surface area contributed by atoms with Crippen LogP contribution in [0.15, 0.2) is 23.2 Å². The van der Waals surface area contributed by atoms with Gasteiger partial charge < -0.3 is 5.73 Å². The van der Waals surface area contributed by atoms with Crippen molar-refractivity contribution < 1.29 is 8.42 Å². The van der Waals surface area contributed by atoms with Crippen molar-refractivity contribution in [1.29, 1.82) is 0 Å². The second-order valence-electron chi connectivity index (χ2n) is 4.84. The molecule has 0 bridgehead atoms. The van der Waals surface area contributed by atoms with Crippen LogP contribution >= 0.6 is 0 Å². The molecular weight excluding hydrogens is 250 g/mol. The van der Waals surface area contributed by atoms with Crippen molar-refractivity contribution in [3.8, 4) is 0 Å². The fourth-order valence-electron chi connectivity index (χ4n) is 1.78. The lowest BCUT2D eigenvalue weighted by atomic mass is 10.1. The van der Waals surface area contributed by atoms with Crippen LogP contribution in [0.1, 0.15) is 32.9 Å². The maximum Gasteiger partial charge on any atom is 0.242 e. The molecule has 1 atom stereocenters. The Hall–Kier alpha value is -0.980. The van der Waals surface area contributed by atoms with Gasteiger partial charge >= 0.3 is 0 Å². The molecule has 6 heteroatoms. The molecule has 1 rings (SSSR count). The Morgan fingerprint density at radius 1 is 1.33 bits per heavy atom. The lowest BCUT2D eigenvalue weighted by Crippen LogP contribution is -2.33. The van der Waals surface area contributed by atoms with Crippen molar-refractivity contribution in [3.63, 3.8) is 0 Å². The van der Waals surface area contributed by atoms with Gasteiger partial charge in [0.15, 0.2) is 0 Å². The maximum absolute atomic E-state index is 12.0. The second kappa shape index (κ2) is 6.26. The minimum Gasteiger partial charge on any atom is -0.325 e. The Kier molecular flexibility index (Phi) is 5.25. The summed E-state index contributed by atoms with van der Waals surface area (Å²) in [4.78, 5) is 4.16. The molecule has 1 aromatic heterocycles. The van der Waals surface area contributed by atoms with Gasteiger partial charge in [-0.3, -0.25) is 4.98 Å². The first kappa shape index (κ1) is 15.1. The van der Waals surface area contributed by atoms with E-state index in [0.29, 0.717) is 18.2 Å². The topological polar surface area (TPSA) is 85.1 Å². The number of sulfonamides is 1. The monoisotopic (exact) mass is 271 g/mol. The lowest BCUT2D eigenvalue weighted by molar-refractivity contribution is 0.482. The average molecular weight is 271 g/mol. The van der Waals surface area contributed by atoms with Crippen molar-refractivity contribution in [3.05, 3.63) is 24.0 Å². The van der Waals surface area contributed by atoms with E-state index in [1.165, 1.54) is 12.3 Å². The first-order chi connectivity index (χ1) is 8.35. The van der Waals surface area contributed by atoms with Gasteiger partial charge in [0.1, 0.15) is 4.90 Å². The number of hydrogen-bond donors (Lipinski definition) is 2. The Balaban J connectivity index is 2.79. The molecule has 0 aliphatic rings. The zero-order chi connectivity index (χ0) is 13.8. The first-order valence-corrected chi connectivity index (χ1v) is 7.50. The molecule has 0 aliphatic carbocycles. The number of hydrogen-bond acceptors (Lipinski definition) is 4. The van der Waals surface area contributed by atoms with Crippen LogP contribution in [0.5, 0.6) is 0 Å². The molecule has 0 radical (unpaired) electrons. The highest BCUT2D eigenvalue weighted by Crippen LogP contribution is 2.11. The van der Waals surface area contributed by atoms with E-state index in [9.17, 15) is 8.42 Å². The van der Waals surface area contributed by atoms with Crippen molar-refractivity contribution in [2.24, 2.45) is 11.7 Å². The van der Waals surface area contributed by atoms with E-state index in [2.05, 4.69) is 23.6 Å². The third-order valence-electron chi connectivity index (χ3n) is 2.50. The number of rotatable bonds is 6. The summed E-state index contributed by atoms with van der Waals surface area (Å²) >= 11 is 0. The summed E-state index contributed by atoms with van der Waals surface area (Å²) in [7, 11) is -3.48. The normalized spacial score (nSPS) is 13.8. The molecule has 3 N–H and O–H groups in total. The van der Waals surface area contributed by atoms with Gasteiger partial charge in [0.2, 0.25) is 10.0 Å². The van der Waals surface area contributed by atoms with E-state index >= 15 is 0 Å². The highest BCUT2D eigenvalue weighted by molar-refractivity contribution is 7.89. The first-order valence-electron chi connectivity index (χ1n) is 6.02. The smallest absolute Gasteiger partial charge is 0.242 e. The quantitative estimate of drug-likeness (QED) is 0.815. The summed E-state index contributed by atoms with van der Waals surface area (Å²) in [6.45, 7) is 6.28. The van der Waals surface area contributed by atoms with Crippen molar-refractivity contribution >= 4 is 10.0 Å². The largest absolute Gasteiger partial charge is 0.325 e. The van der Waals surface area contributed by atoms with Crippen LogP contribution in [-0.2, 0) is 16.6 Å². The number of nitrogens with two attached hydrogens (primary N) is 1. The highest BCUT2D eigenvalue weighted by Gasteiger charge is 2.18. The minimum absolute atomic E-state index is 0.0933. The fourth-order valence-corrected chi connectivity index (χ4v) is 2.98. The van der Waals surface area contributed by atoms with E-state index in [-0.39, 0.29) is 10.9 Å². The molecular formula is C12H21N3O2S. The van der Waals surface area contributed by atoms with E-state index in [0.717, 1.165) is 6.42 Å². The van der Waals surface area contributed by atoms with Crippen molar-refractivity contribution in [2.75, 3.05) is 0 Å². The van der Waals surface area contributed by atoms with Gasteiger partial charge in [0.05, 0.1) is 5.69 Å². The Labute approximate surface area is 109 Å². The molecule has 0 saturated heterocycles. The lowest BCUT2D eigenvalue weighted by Gasteiger charge is -2.16. The predicted octanol–water partition coefficient (Wildman–Crippen LogP) is 1.25. The zero-order valence-electron chi connectivity index (χ0n) is 11.1. The predicted molar refractivity (Wildman–Crippen MR) is 71.4 cm³/mol. The number of nitrogens with zero attached hydrogens (tertiary/aromatic N) is 1. The molecule has 102 valence electrons. The van der Waals surface area contributed by atoms with Crippen LogP contribution < -0.4 is 10.5 Å². The van der Waals surface area contributed by atoms with Crippen LogP contribution in [0.4, 0.5) is 0 Å². The fraction of sp³-hybridized carbons (Fsp3) is 0.583. The molecule has 0 saturated carbocycles. The van der Waals surface area contributed by atoms with E-state index in [4.69, 9.17) is 5.73 Å². The molecule has 0 spiro atoms. The summed E-state index contributed by atoms with van der Waals surface area (Å²) in [6, 6.07) is 3.06. The molecule has 0 amide bonds. The van der Waals surface area contributed by atoms with Crippen LogP contribution in [0.3, 0.4) is 0 Å². The molecule has 0 aliphatic heterocycles. The van der Waals surface area contributed by atoms with Crippen LogP contribution in [-0.4, -0.2) is 19.4 Å². The van der Waals surface area contributed by atoms with E-state index in [1.807, 2.05) is 6.92 Å². The number of aromatic nitrogens is 1. The Bertz CT molecular complexity index is 469. The SMILES string of the molecule is CC(C)CC(C)NS(=O)(=O)c1ccc(CN)nc1. The maximum atomic E-state index is 12.0. The van der Waals surface area contributed by atoms with Gasteiger partial charge in [-0.25, -0.2) is 13.1 Å². The molecule has 18 heavy (non-hydrogen) atoms. The third kappa shape index (κ3) is 4.36. The molecule has 0 aromatic carbocycles. The minimum atomic E-state index is -3.48. The molecule has 1 aromatic rings. The molecule has 5 nitrogen and oxygen atoms in total. The van der Waals surface area contributed by atoms with Gasteiger partial charge in [-0.2, -0.15) is 0 Å². The average Bonchev–Trinajstić information content (AvgIpc) is 2.27. The Morgan fingerprint density at radius 2 is 2.00 bits per heavy atom. The van der Waals surface area contributed by atoms with Crippen molar-refractivity contribution in [1.82, 2.24) is 9.71 Å². The van der Waals surface area contributed by atoms with Gasteiger partial charge in [0.25, 0.3) is 0 Å². The summed E-state index contributed by atoms with van der Waals surface area (Å²) < 4.78 is 26.7. The van der Waals surface area contributed by atoms with Crippen molar-refractivity contribution in [2.45, 2.75) is 44.7 Å². The molecule has 0 fully saturated rings. The molecule has 1 unspecified atom stereocenters. The summed E-state index contributed by atoms with van der Waals surface area (Å²) in [5, 5.41) is 0. The standard InChI is InChI=1S/C12H21N3O2S/c1-9(2)6-10(3)15-18(16,17)12-5-4-11(7-13)14-8-12/h4-5,8-10,15H,6-7,13H2,1-3H3. The third-order valence-corrected chi connectivity index (χ3v) is 4.07. The summed E-state index contributed by atoms with van der Waals surface area (Å²) in [5.74, 6) is 0.445. The van der Waals surface area contributed by atoms with Gasteiger partial charge in [-0.1, -0.05) is 13.8 Å². The van der Waals surface area contributed by atoms with Gasteiger partial charge in [-0.15, -0.1) is 0 Å². The molecule has 1 heterocycles. The summed E-state index contributed by atoms with van der Waals surface area (Å²) in [6.07, 6.45) is 2.14. The van der Waals surface area contributed by atoms with Crippen LogP contribution in [0.2, 0.25) is 0 Å². The van der Waals surface area contributed by atoms with Gasteiger partial charge in [0, 0.05) is 18.8 Å². The van der Waals surface area contributed by atoms with E-state index in [1.54, 1.807) is 6.07 Å². The second-order valence-corrected chi connectivity index (χ2v) is 6.56. The highest BCUT2D eigenvalue weighted by atomic mass is 32.2.